The fourth-order valence-corrected chi connectivity index (χ4v) is 5.46. The Morgan fingerprint density at radius 2 is 1.53 bits per heavy atom. The van der Waals surface area contributed by atoms with Crippen molar-refractivity contribution in [2.24, 2.45) is 5.10 Å². The molecule has 7 nitrogen and oxygen atoms in total. The van der Waals surface area contributed by atoms with Gasteiger partial charge in [-0.3, -0.25) is 4.79 Å². The normalized spacial score (nSPS) is 12.5. The van der Waals surface area contributed by atoms with E-state index in [4.69, 9.17) is 14.2 Å². The molecule has 38 heavy (non-hydrogen) atoms. The van der Waals surface area contributed by atoms with Crippen LogP contribution in [0, 0.1) is 0 Å². The number of benzene rings is 4. The highest BCUT2D eigenvalue weighted by molar-refractivity contribution is 9.11. The van der Waals surface area contributed by atoms with Gasteiger partial charge in [-0.2, -0.15) is 5.10 Å². The number of ether oxygens (including phenoxy) is 3. The van der Waals surface area contributed by atoms with Crippen LogP contribution in [0.2, 0.25) is 0 Å². The number of nitrogens with zero attached hydrogens (tertiary/aromatic N) is 1. The topological polar surface area (TPSA) is 89.4 Å². The van der Waals surface area contributed by atoms with Crippen LogP contribution in [-0.4, -0.2) is 24.0 Å². The third-order valence-corrected chi connectivity index (χ3v) is 7.11. The Hall–Kier alpha value is -3.66. The van der Waals surface area contributed by atoms with Gasteiger partial charge < -0.3 is 19.3 Å². The van der Waals surface area contributed by atoms with Gasteiger partial charge in [0.2, 0.25) is 6.79 Å². The van der Waals surface area contributed by atoms with E-state index in [-0.39, 0.29) is 6.79 Å². The number of nitrogens with one attached hydrogen (secondary N) is 1. The Labute approximate surface area is 236 Å². The highest BCUT2D eigenvalue weighted by Gasteiger charge is 2.39. The number of carbonyl (C=O) groups excluding carboxylic acids is 1. The van der Waals surface area contributed by atoms with E-state index in [1.807, 2.05) is 42.5 Å². The van der Waals surface area contributed by atoms with Crippen molar-refractivity contribution < 1.29 is 24.1 Å². The van der Waals surface area contributed by atoms with E-state index in [0.29, 0.717) is 43.7 Å². The summed E-state index contributed by atoms with van der Waals surface area (Å²) in [5.41, 5.74) is 3.09. The third kappa shape index (κ3) is 5.45. The highest BCUT2D eigenvalue weighted by atomic mass is 79.9. The molecule has 4 aromatic carbocycles. The fourth-order valence-electron chi connectivity index (χ4n) is 4.01. The van der Waals surface area contributed by atoms with Crippen molar-refractivity contribution in [1.29, 1.82) is 0 Å². The number of aliphatic hydroxyl groups is 1. The molecule has 0 aromatic heterocycles. The fraction of sp³-hybridized carbons (Fsp3) is 0.103. The zero-order valence-corrected chi connectivity index (χ0v) is 23.1. The lowest BCUT2D eigenvalue weighted by Gasteiger charge is -2.27. The summed E-state index contributed by atoms with van der Waals surface area (Å²) in [6.45, 7) is 0.549. The Morgan fingerprint density at radius 1 is 0.921 bits per heavy atom. The predicted octanol–water partition coefficient (Wildman–Crippen LogP) is 5.91. The Morgan fingerprint density at radius 3 is 2.16 bits per heavy atom. The predicted molar refractivity (Wildman–Crippen MR) is 150 cm³/mol. The maximum absolute atomic E-state index is 13.2. The highest BCUT2D eigenvalue weighted by Crippen LogP contribution is 2.37. The molecular weight excluding hydrogens is 616 g/mol. The van der Waals surface area contributed by atoms with E-state index in [9.17, 15) is 9.90 Å². The first-order chi connectivity index (χ1) is 18.4. The summed E-state index contributed by atoms with van der Waals surface area (Å²) in [6.07, 6.45) is 1.49. The lowest BCUT2D eigenvalue weighted by atomic mass is 9.85. The summed E-state index contributed by atoms with van der Waals surface area (Å²) >= 11 is 7.09. The number of carbonyl (C=O) groups is 1. The Bertz CT molecular complexity index is 1420. The largest absolute Gasteiger partial charge is 0.487 e. The zero-order chi connectivity index (χ0) is 26.5. The van der Waals surface area contributed by atoms with Crippen LogP contribution in [0.4, 0.5) is 0 Å². The van der Waals surface area contributed by atoms with Gasteiger partial charge in [-0.15, -0.1) is 0 Å². The lowest BCUT2D eigenvalue weighted by Crippen LogP contribution is -2.43. The number of hydrogen-bond acceptors (Lipinski definition) is 6. The summed E-state index contributed by atoms with van der Waals surface area (Å²) in [5, 5.41) is 15.6. The van der Waals surface area contributed by atoms with E-state index in [1.54, 1.807) is 48.5 Å². The quantitative estimate of drug-likeness (QED) is 0.185. The molecule has 0 unspecified atom stereocenters. The van der Waals surface area contributed by atoms with Crippen LogP contribution < -0.4 is 19.6 Å². The summed E-state index contributed by atoms with van der Waals surface area (Å²) in [7, 11) is 0. The molecule has 0 bridgehead atoms. The third-order valence-electron chi connectivity index (χ3n) is 5.93. The number of hydrogen-bond donors (Lipinski definition) is 2. The van der Waals surface area contributed by atoms with Crippen LogP contribution in [0.1, 0.15) is 22.3 Å². The van der Waals surface area contributed by atoms with Crippen LogP contribution in [0.3, 0.4) is 0 Å². The van der Waals surface area contributed by atoms with E-state index < -0.39 is 11.5 Å². The first-order valence-electron chi connectivity index (χ1n) is 11.6. The minimum atomic E-state index is -1.91. The van der Waals surface area contributed by atoms with Gasteiger partial charge >= 0.3 is 0 Å². The zero-order valence-electron chi connectivity index (χ0n) is 19.9. The van der Waals surface area contributed by atoms with Crippen LogP contribution in [-0.2, 0) is 17.0 Å². The van der Waals surface area contributed by atoms with Crippen molar-refractivity contribution in [3.63, 3.8) is 0 Å². The lowest BCUT2D eigenvalue weighted by molar-refractivity contribution is -0.136. The smallest absolute Gasteiger partial charge is 0.281 e. The second-order valence-electron chi connectivity index (χ2n) is 8.43. The van der Waals surface area contributed by atoms with E-state index in [2.05, 4.69) is 42.4 Å². The Balaban J connectivity index is 1.29. The first-order valence-corrected chi connectivity index (χ1v) is 13.2. The SMILES string of the molecule is O=C(N/N=C/c1cc(Br)c(OCc2ccc3c(c2)OCO3)c(Br)c1)C(O)(c1ccccc1)c1ccccc1. The standard InChI is InChI=1S/C29H22Br2N2O5/c30-23-13-20(14-24(31)27(23)36-17-19-11-12-25-26(15-19)38-18-37-25)16-32-33-28(34)29(35,21-7-3-1-4-8-21)22-9-5-2-6-10-22/h1-16,35H,17-18H2,(H,33,34)/b32-16+. The molecule has 0 aliphatic carbocycles. The molecule has 1 amide bonds. The molecule has 192 valence electrons. The second-order valence-corrected chi connectivity index (χ2v) is 10.1. The number of halogens is 2. The van der Waals surface area contributed by atoms with E-state index >= 15 is 0 Å². The van der Waals surface area contributed by atoms with Crippen LogP contribution in [0.25, 0.3) is 0 Å². The van der Waals surface area contributed by atoms with Crippen molar-refractivity contribution in [2.75, 3.05) is 6.79 Å². The number of amides is 1. The molecule has 1 aliphatic heterocycles. The van der Waals surface area contributed by atoms with Crippen molar-refractivity contribution in [1.82, 2.24) is 5.43 Å². The van der Waals surface area contributed by atoms with E-state index in [0.717, 1.165) is 11.3 Å². The minimum absolute atomic E-state index is 0.220. The summed E-state index contributed by atoms with van der Waals surface area (Å²) in [4.78, 5) is 13.2. The molecular formula is C29H22Br2N2O5. The molecule has 9 heteroatoms. The maximum atomic E-state index is 13.2. The molecule has 0 fully saturated rings. The van der Waals surface area contributed by atoms with Crippen LogP contribution in [0.5, 0.6) is 17.2 Å². The van der Waals surface area contributed by atoms with Gasteiger partial charge in [0, 0.05) is 0 Å². The van der Waals surface area contributed by atoms with Gasteiger partial charge in [0.15, 0.2) is 17.1 Å². The van der Waals surface area contributed by atoms with E-state index in [1.165, 1.54) is 6.21 Å². The average Bonchev–Trinajstić information content (AvgIpc) is 3.41. The number of fused-ring (bicyclic) bond motifs is 1. The average molecular weight is 638 g/mol. The molecule has 0 saturated carbocycles. The van der Waals surface area contributed by atoms with Crippen LogP contribution in [0.15, 0.2) is 105 Å². The molecule has 0 saturated heterocycles. The van der Waals surface area contributed by atoms with Gasteiger partial charge in [0.25, 0.3) is 5.91 Å². The molecule has 0 atom stereocenters. The first kappa shape index (κ1) is 26.0. The van der Waals surface area contributed by atoms with Gasteiger partial charge in [0.1, 0.15) is 12.4 Å². The number of hydrazone groups is 1. The molecule has 2 N–H and O–H groups in total. The van der Waals surface area contributed by atoms with Gasteiger partial charge in [0.05, 0.1) is 15.2 Å². The minimum Gasteiger partial charge on any atom is -0.487 e. The van der Waals surface area contributed by atoms with Crippen molar-refractivity contribution in [2.45, 2.75) is 12.2 Å². The molecule has 0 spiro atoms. The van der Waals surface area contributed by atoms with Crippen LogP contribution >= 0.6 is 31.9 Å². The number of rotatable bonds is 8. The van der Waals surface area contributed by atoms with Gasteiger partial charge in [-0.1, -0.05) is 66.7 Å². The molecule has 1 heterocycles. The summed E-state index contributed by atoms with van der Waals surface area (Å²) < 4.78 is 18.2. The molecule has 0 radical (unpaired) electrons. The Kier molecular flexibility index (Phi) is 7.78. The summed E-state index contributed by atoms with van der Waals surface area (Å²) in [6, 6.07) is 26.8. The van der Waals surface area contributed by atoms with Crippen molar-refractivity contribution >= 4 is 44.0 Å². The molecule has 5 rings (SSSR count). The maximum Gasteiger partial charge on any atom is 0.281 e. The van der Waals surface area contributed by atoms with Gasteiger partial charge in [-0.05, 0) is 78.4 Å². The monoisotopic (exact) mass is 636 g/mol. The molecule has 1 aliphatic rings. The van der Waals surface area contributed by atoms with Crippen molar-refractivity contribution in [3.05, 3.63) is 122 Å². The van der Waals surface area contributed by atoms with Crippen molar-refractivity contribution in [3.8, 4) is 17.2 Å². The second kappa shape index (κ2) is 11.4. The summed E-state index contributed by atoms with van der Waals surface area (Å²) in [5.74, 6) is 1.36. The van der Waals surface area contributed by atoms with Gasteiger partial charge in [-0.25, -0.2) is 5.43 Å². The molecule has 4 aromatic rings.